The smallest absolute Gasteiger partial charge is 0.262 e. The maximum absolute atomic E-state index is 13.9. The van der Waals surface area contributed by atoms with Crippen LogP contribution in [0.1, 0.15) is 73.0 Å². The lowest BCUT2D eigenvalue weighted by molar-refractivity contribution is -0.0516. The molecule has 3 heterocycles. The van der Waals surface area contributed by atoms with Gasteiger partial charge in [0.2, 0.25) is 5.88 Å². The molecule has 1 fully saturated rings. The number of allylic oxidation sites excluding steroid dienone is 1. The van der Waals surface area contributed by atoms with Gasteiger partial charge in [0.25, 0.3) is 5.91 Å². The van der Waals surface area contributed by atoms with Crippen molar-refractivity contribution in [3.63, 3.8) is 0 Å². The Hall–Kier alpha value is -3.53. The van der Waals surface area contributed by atoms with E-state index in [9.17, 15) is 14.1 Å². The molecule has 3 aromatic rings. The molecule has 1 unspecified atom stereocenters. The maximum Gasteiger partial charge on any atom is 0.262 e. The molecule has 1 saturated carbocycles. The normalized spacial score (nSPS) is 33.6. The average molecular weight is 704 g/mol. The second-order valence-electron chi connectivity index (χ2n) is 14.6. The molecule has 0 saturated heterocycles. The number of nitrogens with one attached hydrogen (secondary N) is 1. The van der Waals surface area contributed by atoms with Crippen LogP contribution in [-0.2, 0) is 27.1 Å². The third-order valence-corrected chi connectivity index (χ3v) is 14.1. The van der Waals surface area contributed by atoms with Crippen molar-refractivity contribution < 1.29 is 23.6 Å². The lowest BCUT2D eigenvalue weighted by Gasteiger charge is -2.49. The van der Waals surface area contributed by atoms with Crippen molar-refractivity contribution in [1.82, 2.24) is 9.71 Å². The topological polar surface area (TPSA) is 101 Å². The summed E-state index contributed by atoms with van der Waals surface area (Å²) in [5.74, 6) is 4.59. The van der Waals surface area contributed by atoms with Crippen molar-refractivity contribution in [3.05, 3.63) is 94.2 Å². The first-order valence-electron chi connectivity index (χ1n) is 17.3. The summed E-state index contributed by atoms with van der Waals surface area (Å²) >= 11 is 6.47. The maximum atomic E-state index is 13.9. The Morgan fingerprint density at radius 1 is 1.16 bits per heavy atom. The second-order valence-corrected chi connectivity index (χ2v) is 17.4. The minimum Gasteiger partial charge on any atom is -0.490 e. The van der Waals surface area contributed by atoms with Gasteiger partial charge in [-0.1, -0.05) is 36.7 Å². The number of rotatable bonds is 2. The van der Waals surface area contributed by atoms with Gasteiger partial charge in [-0.3, -0.25) is 9.52 Å². The molecule has 2 aliphatic carbocycles. The van der Waals surface area contributed by atoms with Crippen molar-refractivity contribution >= 4 is 38.8 Å². The highest BCUT2D eigenvalue weighted by molar-refractivity contribution is 7.99. The average Bonchev–Trinajstić information content (AvgIpc) is 3.22. The number of carbonyl (C=O) groups excluding carboxylic acids is 1. The summed E-state index contributed by atoms with van der Waals surface area (Å²) in [5, 5.41) is 13.1. The third-order valence-electron chi connectivity index (χ3n) is 11.7. The number of pyridine rings is 1. The Morgan fingerprint density at radius 3 is 2.78 bits per heavy atom. The second kappa shape index (κ2) is 13.0. The molecule has 2 N–H and O–H groups in total. The molecule has 0 radical (unpaired) electrons. The van der Waals surface area contributed by atoms with E-state index in [1.54, 1.807) is 19.4 Å². The van der Waals surface area contributed by atoms with Crippen molar-refractivity contribution in [2.24, 2.45) is 17.8 Å². The molecule has 1 aromatic heterocycles. The number of amides is 1. The number of hydrogen-bond donors (Lipinski definition) is 2. The van der Waals surface area contributed by atoms with Crippen LogP contribution in [0.25, 0.3) is 0 Å². The lowest BCUT2D eigenvalue weighted by Crippen LogP contribution is -2.51. The molecule has 1 amide bonds. The molecule has 8 nitrogen and oxygen atoms in total. The number of aromatic nitrogens is 1. The largest absolute Gasteiger partial charge is 0.490 e. The van der Waals surface area contributed by atoms with Gasteiger partial charge in [-0.05, 0) is 117 Å². The Balaban J connectivity index is 1.36. The summed E-state index contributed by atoms with van der Waals surface area (Å²) in [6.45, 7) is 5.67. The van der Waals surface area contributed by atoms with Crippen LogP contribution in [0.3, 0.4) is 0 Å². The van der Waals surface area contributed by atoms with Gasteiger partial charge in [-0.15, -0.1) is 0 Å². The number of halogens is 1. The minimum absolute atomic E-state index is 0.0907. The molecular weight excluding hydrogens is 658 g/mol. The Morgan fingerprint density at radius 2 is 2.00 bits per heavy atom. The minimum atomic E-state index is -3.02. The number of benzene rings is 2. The van der Waals surface area contributed by atoms with Crippen molar-refractivity contribution in [2.45, 2.75) is 68.6 Å². The van der Waals surface area contributed by atoms with Crippen molar-refractivity contribution in [3.8, 4) is 11.6 Å². The molecule has 49 heavy (non-hydrogen) atoms. The monoisotopic (exact) mass is 703 g/mol. The highest BCUT2D eigenvalue weighted by atomic mass is 35.5. The molecule has 7 rings (SSSR count). The van der Waals surface area contributed by atoms with E-state index in [1.807, 2.05) is 56.3 Å². The van der Waals surface area contributed by atoms with E-state index < -0.39 is 26.5 Å². The number of aryl methyl sites for hydroxylation is 1. The van der Waals surface area contributed by atoms with Gasteiger partial charge in [-0.2, -0.15) is 0 Å². The summed E-state index contributed by atoms with van der Waals surface area (Å²) in [6, 6.07) is 15.4. The summed E-state index contributed by atoms with van der Waals surface area (Å²) in [6.07, 6.45) is 10.8. The molecule has 260 valence electrons. The highest BCUT2D eigenvalue weighted by Gasteiger charge is 2.50. The molecule has 4 aliphatic rings. The van der Waals surface area contributed by atoms with Crippen LogP contribution in [0, 0.1) is 17.8 Å². The molecule has 7 atom stereocenters. The number of methoxy groups -OCH3 is 1. The number of fused-ring (bicyclic) bond motifs is 4. The van der Waals surface area contributed by atoms with Crippen LogP contribution in [0.5, 0.6) is 11.6 Å². The van der Waals surface area contributed by atoms with Gasteiger partial charge in [-0.25, -0.2) is 9.19 Å². The summed E-state index contributed by atoms with van der Waals surface area (Å²) in [5.41, 5.74) is 2.72. The van der Waals surface area contributed by atoms with Crippen LogP contribution in [0.4, 0.5) is 5.69 Å². The number of nitrogens with zero attached hydrogens (tertiary/aromatic N) is 2. The predicted molar refractivity (Wildman–Crippen MR) is 196 cm³/mol. The van der Waals surface area contributed by atoms with E-state index in [-0.39, 0.29) is 23.2 Å². The van der Waals surface area contributed by atoms with E-state index in [1.165, 1.54) is 11.1 Å². The fraction of sp³-hybridized carbons (Fsp3) is 0.462. The third kappa shape index (κ3) is 6.12. The SMILES string of the molecule is C=S1(=O)NC(=O)c2ccc3c(c2)N(C[C@@H]2CC[C@H]2[C@@](O)(c2cccnc2OC)/C=C/C[C@H](C)[C@H]1C)C[C@@]1(CCCc2cc(Cl)ccc21)CO3. The molecule has 1 spiro atoms. The first kappa shape index (κ1) is 33.9. The molecule has 2 bridgehead atoms. The van der Waals surface area contributed by atoms with Crippen LogP contribution in [-0.4, -0.2) is 58.1 Å². The number of hydrogen-bond acceptors (Lipinski definition) is 7. The van der Waals surface area contributed by atoms with E-state index in [4.69, 9.17) is 21.1 Å². The van der Waals surface area contributed by atoms with Crippen molar-refractivity contribution in [2.75, 3.05) is 31.7 Å². The number of ether oxygens (including phenoxy) is 2. The van der Waals surface area contributed by atoms with Gasteiger partial charge in [0.05, 0.1) is 29.1 Å². The fourth-order valence-electron chi connectivity index (χ4n) is 8.51. The number of anilines is 1. The Kier molecular flexibility index (Phi) is 8.99. The molecule has 10 heteroatoms. The Bertz CT molecular complexity index is 1900. The van der Waals surface area contributed by atoms with E-state index in [0.29, 0.717) is 48.9 Å². The molecule has 2 aliphatic heterocycles. The zero-order valence-electron chi connectivity index (χ0n) is 28.5. The van der Waals surface area contributed by atoms with Gasteiger partial charge < -0.3 is 19.5 Å². The van der Waals surface area contributed by atoms with Gasteiger partial charge >= 0.3 is 0 Å². The number of carbonyl (C=O) groups is 1. The Labute approximate surface area is 295 Å². The van der Waals surface area contributed by atoms with Crippen molar-refractivity contribution in [1.29, 1.82) is 0 Å². The van der Waals surface area contributed by atoms with Crippen LogP contribution in [0.2, 0.25) is 5.02 Å². The highest BCUT2D eigenvalue weighted by Crippen LogP contribution is 2.52. The van der Waals surface area contributed by atoms with Gasteiger partial charge in [0.1, 0.15) is 11.4 Å². The zero-order chi connectivity index (χ0) is 34.6. The fourth-order valence-corrected chi connectivity index (χ4v) is 10.2. The lowest BCUT2D eigenvalue weighted by atomic mass is 9.62. The molecular formula is C39H46ClN3O5S. The van der Waals surface area contributed by atoms with E-state index in [2.05, 4.69) is 32.6 Å². The first-order valence-corrected chi connectivity index (χ1v) is 19.5. The number of aliphatic hydroxyl groups is 1. The van der Waals surface area contributed by atoms with Crippen LogP contribution >= 0.6 is 11.6 Å². The van der Waals surface area contributed by atoms with E-state index >= 15 is 0 Å². The quantitative estimate of drug-likeness (QED) is 0.233. The molecule has 2 aromatic carbocycles. The van der Waals surface area contributed by atoms with Crippen LogP contribution in [0.15, 0.2) is 66.9 Å². The summed E-state index contributed by atoms with van der Waals surface area (Å²) in [4.78, 5) is 20.5. The standard InChI is InChI=1S/C39H46ClN3O5S/c1-25-8-5-18-39(45,33-10-7-19-41-37(33)47-3)32-14-11-29(32)22-43-23-38(17-6-9-27-20-30(40)13-15-31(27)38)24-48-35-16-12-28(21-34(35)43)36(44)42-49(4,46)26(25)2/h5,7,10,12-13,15-16,18-21,25-26,29,32,45H,4,6,8-9,11,14,17,22-24H2,1-3H3,(H,42,44,46)/b18-5+/t25-,26+,29-,32+,38-,39+,49?/m0/s1. The summed E-state index contributed by atoms with van der Waals surface area (Å²) < 4.78 is 29.0. The zero-order valence-corrected chi connectivity index (χ0v) is 30.1. The van der Waals surface area contributed by atoms with Crippen LogP contribution < -0.4 is 19.1 Å². The van der Waals surface area contributed by atoms with Gasteiger partial charge in [0, 0.05) is 52.0 Å². The predicted octanol–water partition coefficient (Wildman–Crippen LogP) is 6.48. The summed E-state index contributed by atoms with van der Waals surface area (Å²) in [7, 11) is -1.44. The van der Waals surface area contributed by atoms with Gasteiger partial charge in [0.15, 0.2) is 0 Å². The first-order chi connectivity index (χ1) is 23.4. The van der Waals surface area contributed by atoms with E-state index in [0.717, 1.165) is 42.8 Å².